The molecule has 6 heteroatoms. The standard InChI is InChI=1S/C14H16N4O2/c19-14(15-6-5-13-17-9-18-20-13)11-7-10-3-1-2-4-12(10)16-8-11/h1-4,9,11,16H,5-8H2,(H,15,19). The molecule has 2 aromatic rings. The van der Waals surface area contributed by atoms with Crippen molar-refractivity contribution >= 4 is 11.6 Å². The molecular weight excluding hydrogens is 256 g/mol. The van der Waals surface area contributed by atoms with E-state index in [-0.39, 0.29) is 11.8 Å². The van der Waals surface area contributed by atoms with E-state index in [0.717, 1.165) is 12.1 Å². The number of rotatable bonds is 4. The summed E-state index contributed by atoms with van der Waals surface area (Å²) in [6, 6.07) is 8.09. The van der Waals surface area contributed by atoms with Crippen LogP contribution < -0.4 is 10.6 Å². The molecule has 1 aliphatic rings. The van der Waals surface area contributed by atoms with Crippen LogP contribution in [0.3, 0.4) is 0 Å². The number of aromatic nitrogens is 2. The molecule has 2 N–H and O–H groups in total. The summed E-state index contributed by atoms with van der Waals surface area (Å²) in [4.78, 5) is 16.0. The third kappa shape index (κ3) is 2.79. The maximum atomic E-state index is 12.1. The molecule has 1 aliphatic heterocycles. The molecule has 1 amide bonds. The molecule has 2 heterocycles. The van der Waals surface area contributed by atoms with Crippen LogP contribution >= 0.6 is 0 Å². The Hall–Kier alpha value is -2.37. The third-order valence-corrected chi connectivity index (χ3v) is 3.44. The minimum absolute atomic E-state index is 0.0346. The Balaban J connectivity index is 1.51. The predicted octanol–water partition coefficient (Wildman–Crippen LogP) is 1.01. The Labute approximate surface area is 116 Å². The lowest BCUT2D eigenvalue weighted by atomic mass is 9.93. The lowest BCUT2D eigenvalue weighted by Gasteiger charge is -2.25. The van der Waals surface area contributed by atoms with Gasteiger partial charge in [-0.2, -0.15) is 4.98 Å². The summed E-state index contributed by atoms with van der Waals surface area (Å²) in [5.74, 6) is 0.566. The Morgan fingerprint density at radius 1 is 1.45 bits per heavy atom. The number of nitrogens with one attached hydrogen (secondary N) is 2. The van der Waals surface area contributed by atoms with Crippen LogP contribution in [0.1, 0.15) is 11.5 Å². The summed E-state index contributed by atoms with van der Waals surface area (Å²) in [5, 5.41) is 9.74. The largest absolute Gasteiger partial charge is 0.384 e. The van der Waals surface area contributed by atoms with Crippen molar-refractivity contribution in [1.82, 2.24) is 15.5 Å². The Morgan fingerprint density at radius 2 is 2.35 bits per heavy atom. The molecule has 104 valence electrons. The zero-order valence-corrected chi connectivity index (χ0v) is 11.0. The number of para-hydroxylation sites is 1. The lowest BCUT2D eigenvalue weighted by Crippen LogP contribution is -2.38. The van der Waals surface area contributed by atoms with Crippen molar-refractivity contribution in [2.75, 3.05) is 18.4 Å². The first kappa shape index (κ1) is 12.7. The number of hydrogen-bond donors (Lipinski definition) is 2. The minimum Gasteiger partial charge on any atom is -0.384 e. The highest BCUT2D eigenvalue weighted by Gasteiger charge is 2.23. The zero-order chi connectivity index (χ0) is 13.8. The van der Waals surface area contributed by atoms with Gasteiger partial charge < -0.3 is 15.2 Å². The van der Waals surface area contributed by atoms with Crippen LogP contribution in [0.25, 0.3) is 0 Å². The highest BCUT2D eigenvalue weighted by atomic mass is 16.5. The van der Waals surface area contributed by atoms with Crippen molar-refractivity contribution in [3.05, 3.63) is 42.0 Å². The molecule has 0 spiro atoms. The number of benzene rings is 1. The van der Waals surface area contributed by atoms with Gasteiger partial charge in [-0.05, 0) is 18.1 Å². The number of anilines is 1. The average Bonchev–Trinajstić information content (AvgIpc) is 3.00. The van der Waals surface area contributed by atoms with Crippen molar-refractivity contribution in [1.29, 1.82) is 0 Å². The molecule has 0 aliphatic carbocycles. The first-order chi connectivity index (χ1) is 9.83. The van der Waals surface area contributed by atoms with Gasteiger partial charge in [0.1, 0.15) is 0 Å². The Morgan fingerprint density at radius 3 is 3.20 bits per heavy atom. The molecule has 0 bridgehead atoms. The van der Waals surface area contributed by atoms with Gasteiger partial charge in [0.2, 0.25) is 11.8 Å². The number of carbonyl (C=O) groups is 1. The molecule has 20 heavy (non-hydrogen) atoms. The number of nitrogens with zero attached hydrogens (tertiary/aromatic N) is 2. The van der Waals surface area contributed by atoms with Gasteiger partial charge in [-0.25, -0.2) is 0 Å². The molecule has 0 saturated heterocycles. The monoisotopic (exact) mass is 272 g/mol. The first-order valence-corrected chi connectivity index (χ1v) is 6.68. The van der Waals surface area contributed by atoms with Gasteiger partial charge in [0.05, 0.1) is 5.92 Å². The van der Waals surface area contributed by atoms with E-state index in [4.69, 9.17) is 4.52 Å². The maximum absolute atomic E-state index is 12.1. The number of amides is 1. The third-order valence-electron chi connectivity index (χ3n) is 3.44. The van der Waals surface area contributed by atoms with Gasteiger partial charge in [-0.15, -0.1) is 0 Å². The first-order valence-electron chi connectivity index (χ1n) is 6.68. The smallest absolute Gasteiger partial charge is 0.228 e. The van der Waals surface area contributed by atoms with Gasteiger partial charge >= 0.3 is 0 Å². The molecular formula is C14H16N4O2. The van der Waals surface area contributed by atoms with E-state index in [1.807, 2.05) is 18.2 Å². The Kier molecular flexibility index (Phi) is 3.62. The van der Waals surface area contributed by atoms with E-state index in [9.17, 15) is 4.79 Å². The van der Waals surface area contributed by atoms with Gasteiger partial charge in [0.25, 0.3) is 0 Å². The van der Waals surface area contributed by atoms with Crippen molar-refractivity contribution in [3.63, 3.8) is 0 Å². The quantitative estimate of drug-likeness (QED) is 0.868. The molecule has 0 fully saturated rings. The van der Waals surface area contributed by atoms with E-state index >= 15 is 0 Å². The second-order valence-electron chi connectivity index (χ2n) is 4.82. The van der Waals surface area contributed by atoms with E-state index in [2.05, 4.69) is 26.8 Å². The molecule has 6 nitrogen and oxygen atoms in total. The topological polar surface area (TPSA) is 80.1 Å². The average molecular weight is 272 g/mol. The van der Waals surface area contributed by atoms with Gasteiger partial charge in [0, 0.05) is 25.2 Å². The van der Waals surface area contributed by atoms with Crippen LogP contribution in [0.2, 0.25) is 0 Å². The predicted molar refractivity (Wildman–Crippen MR) is 73.1 cm³/mol. The van der Waals surface area contributed by atoms with Gasteiger partial charge in [-0.3, -0.25) is 4.79 Å². The van der Waals surface area contributed by atoms with Crippen LogP contribution in [0.4, 0.5) is 5.69 Å². The summed E-state index contributed by atoms with van der Waals surface area (Å²) in [6.45, 7) is 1.18. The van der Waals surface area contributed by atoms with Crippen LogP contribution in [0.15, 0.2) is 35.1 Å². The summed E-state index contributed by atoms with van der Waals surface area (Å²) in [7, 11) is 0. The second-order valence-corrected chi connectivity index (χ2v) is 4.82. The van der Waals surface area contributed by atoms with E-state index < -0.39 is 0 Å². The number of fused-ring (bicyclic) bond motifs is 1. The van der Waals surface area contributed by atoms with Gasteiger partial charge in [0.15, 0.2) is 6.33 Å². The van der Waals surface area contributed by atoms with E-state index in [1.54, 1.807) is 0 Å². The molecule has 1 atom stereocenters. The van der Waals surface area contributed by atoms with Crippen LogP contribution in [-0.4, -0.2) is 29.1 Å². The van der Waals surface area contributed by atoms with Crippen molar-refractivity contribution in [3.8, 4) is 0 Å². The lowest BCUT2D eigenvalue weighted by molar-refractivity contribution is -0.124. The van der Waals surface area contributed by atoms with E-state index in [1.165, 1.54) is 11.9 Å². The van der Waals surface area contributed by atoms with Gasteiger partial charge in [-0.1, -0.05) is 23.4 Å². The normalized spacial score (nSPS) is 17.1. The van der Waals surface area contributed by atoms with Crippen LogP contribution in [-0.2, 0) is 17.6 Å². The SMILES string of the molecule is O=C(NCCc1ncno1)C1CNc2ccccc2C1. The molecule has 0 radical (unpaired) electrons. The zero-order valence-electron chi connectivity index (χ0n) is 11.0. The number of hydrogen-bond acceptors (Lipinski definition) is 5. The molecule has 3 rings (SSSR count). The highest BCUT2D eigenvalue weighted by Crippen LogP contribution is 2.24. The van der Waals surface area contributed by atoms with Crippen LogP contribution in [0.5, 0.6) is 0 Å². The van der Waals surface area contributed by atoms with E-state index in [0.29, 0.717) is 25.4 Å². The van der Waals surface area contributed by atoms with Crippen LogP contribution in [0, 0.1) is 5.92 Å². The molecule has 1 aromatic carbocycles. The maximum Gasteiger partial charge on any atom is 0.228 e. The van der Waals surface area contributed by atoms with Crippen molar-refractivity contribution in [2.45, 2.75) is 12.8 Å². The summed E-state index contributed by atoms with van der Waals surface area (Å²) in [5.41, 5.74) is 2.32. The molecule has 1 unspecified atom stereocenters. The number of carbonyl (C=O) groups excluding carboxylic acids is 1. The fourth-order valence-corrected chi connectivity index (χ4v) is 2.37. The fraction of sp³-hybridized carbons (Fsp3) is 0.357. The summed E-state index contributed by atoms with van der Waals surface area (Å²) in [6.07, 6.45) is 2.69. The van der Waals surface area contributed by atoms with Crippen molar-refractivity contribution in [2.24, 2.45) is 5.92 Å². The summed E-state index contributed by atoms with van der Waals surface area (Å²) >= 11 is 0. The molecule has 1 aromatic heterocycles. The Bertz CT molecular complexity index is 583. The molecule has 0 saturated carbocycles. The van der Waals surface area contributed by atoms with Crippen molar-refractivity contribution < 1.29 is 9.32 Å². The second kappa shape index (κ2) is 5.73. The summed E-state index contributed by atoms with van der Waals surface area (Å²) < 4.78 is 4.88. The minimum atomic E-state index is -0.0346. The highest BCUT2D eigenvalue weighted by molar-refractivity contribution is 5.80. The fourth-order valence-electron chi connectivity index (χ4n) is 2.37.